The molecule has 0 fully saturated rings. The molecule has 24 nitrogen and oxygen atoms in total. The van der Waals surface area contributed by atoms with E-state index in [-0.39, 0.29) is 44.5 Å². The molecule has 4 aromatic rings. The molecule has 0 radical (unpaired) electrons. The van der Waals surface area contributed by atoms with Crippen molar-refractivity contribution in [1.29, 1.82) is 0 Å². The van der Waals surface area contributed by atoms with Crippen LogP contribution in [0.25, 0.3) is 0 Å². The summed E-state index contributed by atoms with van der Waals surface area (Å²) in [6.45, 7) is 0. The first-order valence-electron chi connectivity index (χ1n) is 15.1. The molecule has 0 spiro atoms. The summed E-state index contributed by atoms with van der Waals surface area (Å²) in [5.74, 6) is -16.6. The lowest BCUT2D eigenvalue weighted by Crippen LogP contribution is -2.10. The topological polar surface area (TPSA) is 448 Å². The van der Waals surface area contributed by atoms with Crippen LogP contribution in [0.5, 0.6) is 0 Å². The number of carboxylic acid groups (broad SMARTS) is 12. The van der Waals surface area contributed by atoms with Crippen LogP contribution in [0.4, 0.5) is 0 Å². The summed E-state index contributed by atoms with van der Waals surface area (Å²) in [7, 11) is 0. The third-order valence-electron chi connectivity index (χ3n) is 6.80. The fourth-order valence-electron chi connectivity index (χ4n) is 4.08. The van der Waals surface area contributed by atoms with Gasteiger partial charge in [0.2, 0.25) is 0 Å². The monoisotopic (exact) mass is 840 g/mol. The molecule has 0 unspecified atom stereocenters. The van der Waals surface area contributed by atoms with Crippen LogP contribution in [0, 0.1) is 0 Å². The highest BCUT2D eigenvalue weighted by molar-refractivity contribution is 6.05. The Balaban J connectivity index is 0.000000400. The maximum atomic E-state index is 10.6. The summed E-state index contributed by atoms with van der Waals surface area (Å²) in [6, 6.07) is 11.0. The maximum absolute atomic E-state index is 10.6. The smallest absolute Gasteiger partial charge is 0.336 e. The molecule has 0 aliphatic rings. The van der Waals surface area contributed by atoms with Crippen molar-refractivity contribution in [3.05, 3.63) is 140 Å². The minimum Gasteiger partial charge on any atom is -0.478 e. The molecule has 0 atom stereocenters. The van der Waals surface area contributed by atoms with Crippen LogP contribution >= 0.6 is 0 Å². The van der Waals surface area contributed by atoms with Crippen molar-refractivity contribution in [2.24, 2.45) is 0 Å². The second kappa shape index (κ2) is 21.0. The molecule has 4 aromatic carbocycles. The molecule has 12 N–H and O–H groups in total. The van der Waals surface area contributed by atoms with Crippen LogP contribution < -0.4 is 0 Å². The summed E-state index contributed by atoms with van der Waals surface area (Å²) in [6.07, 6.45) is 0. The highest BCUT2D eigenvalue weighted by atomic mass is 16.4. The van der Waals surface area contributed by atoms with Crippen molar-refractivity contribution < 1.29 is 119 Å². The molecule has 4 rings (SSSR count). The van der Waals surface area contributed by atoms with Crippen molar-refractivity contribution in [3.8, 4) is 0 Å². The average molecular weight is 841 g/mol. The number of hydrogen-bond acceptors (Lipinski definition) is 12. The van der Waals surface area contributed by atoms with E-state index in [4.69, 9.17) is 61.3 Å². The summed E-state index contributed by atoms with van der Waals surface area (Å²) in [5, 5.41) is 103. The summed E-state index contributed by atoms with van der Waals surface area (Å²) < 4.78 is 0. The number of aromatic carboxylic acids is 12. The molecule has 0 heterocycles. The third-order valence-corrected chi connectivity index (χ3v) is 6.80. The summed E-state index contributed by atoms with van der Waals surface area (Å²) in [4.78, 5) is 127. The van der Waals surface area contributed by atoms with E-state index >= 15 is 0 Å². The number of carboxylic acids is 12. The van der Waals surface area contributed by atoms with Gasteiger partial charge in [-0.15, -0.1) is 0 Å². The van der Waals surface area contributed by atoms with Crippen molar-refractivity contribution >= 4 is 71.6 Å². The standard InChI is InChI=1S/4C9H6O6/c2*10-7(11)4-1-5(8(12)13)3-6(2-4)9(14)15;2*10-7(11)4-1-2-5(8(12)13)6(3-4)9(14)15/h4*1-3H,(H,10,11)(H,12,13)(H,14,15). The van der Waals surface area contributed by atoms with Crippen molar-refractivity contribution in [2.75, 3.05) is 0 Å². The van der Waals surface area contributed by atoms with E-state index in [0.29, 0.717) is 0 Å². The van der Waals surface area contributed by atoms with E-state index in [2.05, 4.69) is 0 Å². The molecule has 0 amide bonds. The second-order valence-electron chi connectivity index (χ2n) is 10.8. The van der Waals surface area contributed by atoms with Crippen LogP contribution in [0.15, 0.2) is 72.8 Å². The fraction of sp³-hybridized carbons (Fsp3) is 0. The van der Waals surface area contributed by atoms with Crippen molar-refractivity contribution in [1.82, 2.24) is 0 Å². The van der Waals surface area contributed by atoms with Gasteiger partial charge in [0.1, 0.15) is 0 Å². The van der Waals surface area contributed by atoms with Crippen LogP contribution in [-0.2, 0) is 0 Å². The molecule has 312 valence electrons. The van der Waals surface area contributed by atoms with Crippen LogP contribution in [-0.4, -0.2) is 133 Å². The van der Waals surface area contributed by atoms with Gasteiger partial charge in [0.25, 0.3) is 0 Å². The Morgan fingerprint density at radius 1 is 0.200 bits per heavy atom. The van der Waals surface area contributed by atoms with Gasteiger partial charge < -0.3 is 61.3 Å². The van der Waals surface area contributed by atoms with Gasteiger partial charge in [0.15, 0.2) is 0 Å². The van der Waals surface area contributed by atoms with Gasteiger partial charge in [0, 0.05) is 0 Å². The van der Waals surface area contributed by atoms with Gasteiger partial charge in [0.05, 0.1) is 66.8 Å². The Hall–Kier alpha value is -9.48. The lowest BCUT2D eigenvalue weighted by molar-refractivity contribution is 0.0648. The van der Waals surface area contributed by atoms with Gasteiger partial charge in [-0.05, 0) is 72.8 Å². The van der Waals surface area contributed by atoms with Crippen LogP contribution in [0.2, 0.25) is 0 Å². The Morgan fingerprint density at radius 3 is 0.500 bits per heavy atom. The number of hydrogen-bond donors (Lipinski definition) is 12. The minimum absolute atomic E-state index is 0.266. The van der Waals surface area contributed by atoms with E-state index in [9.17, 15) is 57.5 Å². The summed E-state index contributed by atoms with van der Waals surface area (Å²) in [5.41, 5.74) is -4.70. The lowest BCUT2D eigenvalue weighted by Gasteiger charge is -2.02. The minimum atomic E-state index is -1.48. The Labute approximate surface area is 329 Å². The van der Waals surface area contributed by atoms with Gasteiger partial charge in [-0.25, -0.2) is 57.5 Å². The Morgan fingerprint density at radius 2 is 0.367 bits per heavy atom. The molecule has 0 aromatic heterocycles. The number of benzene rings is 4. The molecule has 24 heteroatoms. The molecular formula is C36H24O24. The van der Waals surface area contributed by atoms with Crippen LogP contribution in [0.3, 0.4) is 0 Å². The third kappa shape index (κ3) is 14.0. The predicted molar refractivity (Wildman–Crippen MR) is 189 cm³/mol. The van der Waals surface area contributed by atoms with Crippen molar-refractivity contribution in [3.63, 3.8) is 0 Å². The highest BCUT2D eigenvalue weighted by Gasteiger charge is 2.20. The number of carbonyl (C=O) groups is 12. The Kier molecular flexibility index (Phi) is 17.0. The molecule has 0 aliphatic carbocycles. The van der Waals surface area contributed by atoms with Gasteiger partial charge >= 0.3 is 71.6 Å². The largest absolute Gasteiger partial charge is 0.478 e. The SMILES string of the molecule is O=C(O)c1cc(C(=O)O)cc(C(=O)O)c1.O=C(O)c1cc(C(=O)O)cc(C(=O)O)c1.O=C(O)c1ccc(C(=O)O)c(C(=O)O)c1.O=C(O)c1ccc(C(=O)O)c(C(=O)O)c1. The molecule has 60 heavy (non-hydrogen) atoms. The normalized spacial score (nSPS) is 9.60. The zero-order chi connectivity index (χ0) is 46.3. The molecule has 0 bridgehead atoms. The highest BCUT2D eigenvalue weighted by Crippen LogP contribution is 2.15. The summed E-state index contributed by atoms with van der Waals surface area (Å²) >= 11 is 0. The molecule has 0 saturated heterocycles. The van der Waals surface area contributed by atoms with Gasteiger partial charge in [-0.3, -0.25) is 0 Å². The second-order valence-corrected chi connectivity index (χ2v) is 10.8. The van der Waals surface area contributed by atoms with E-state index in [1.807, 2.05) is 0 Å². The molecule has 0 saturated carbocycles. The first-order chi connectivity index (χ1) is 27.7. The zero-order valence-electron chi connectivity index (χ0n) is 29.2. The van der Waals surface area contributed by atoms with Gasteiger partial charge in [-0.2, -0.15) is 0 Å². The predicted octanol–water partition coefficient (Wildman–Crippen LogP) is 3.12. The van der Waals surface area contributed by atoms with Gasteiger partial charge in [-0.1, -0.05) is 0 Å². The van der Waals surface area contributed by atoms with E-state index in [1.165, 1.54) is 0 Å². The lowest BCUT2D eigenvalue weighted by atomic mass is 10.0. The first-order valence-corrected chi connectivity index (χ1v) is 15.1. The molecular weight excluding hydrogens is 816 g/mol. The first kappa shape index (κ1) is 48.5. The molecule has 0 aliphatic heterocycles. The van der Waals surface area contributed by atoms with Crippen molar-refractivity contribution in [2.45, 2.75) is 0 Å². The zero-order valence-corrected chi connectivity index (χ0v) is 29.2. The van der Waals surface area contributed by atoms with E-state index in [1.54, 1.807) is 0 Å². The van der Waals surface area contributed by atoms with E-state index < -0.39 is 93.9 Å². The van der Waals surface area contributed by atoms with Crippen LogP contribution in [0.1, 0.15) is 124 Å². The fourth-order valence-corrected chi connectivity index (χ4v) is 4.08. The maximum Gasteiger partial charge on any atom is 0.336 e. The number of rotatable bonds is 12. The quantitative estimate of drug-likeness (QED) is 0.0974. The Bertz CT molecular complexity index is 2150. The average Bonchev–Trinajstić information content (AvgIpc) is 3.17. The van der Waals surface area contributed by atoms with E-state index in [0.717, 1.165) is 72.8 Å².